The molecule has 1 aromatic heterocycles. The van der Waals surface area contributed by atoms with Crippen LogP contribution in [-0.2, 0) is 4.79 Å². The molecule has 0 saturated carbocycles. The van der Waals surface area contributed by atoms with Crippen molar-refractivity contribution in [3.05, 3.63) is 30.1 Å². The van der Waals surface area contributed by atoms with Crippen molar-refractivity contribution in [2.24, 2.45) is 11.8 Å². The van der Waals surface area contributed by atoms with Gasteiger partial charge in [0.1, 0.15) is 5.69 Å². The van der Waals surface area contributed by atoms with E-state index in [0.29, 0.717) is 49.0 Å². The molecule has 0 aliphatic carbocycles. The lowest BCUT2D eigenvalue weighted by Gasteiger charge is -2.53. The number of carbonyl (C=O) groups is 3. The standard InChI is InChI=1S/C23H31N5O3/c29-21-6-3-5-20-17-12-16(14-28(20)21)13-27(15-17)23(31)26-10-7-18(8-11-26)25-22(30)19-4-1-2-9-24-19/h1-2,4,9,16-18,20H,3,5-8,10-15H2,(H,25,30)/t16?,17?,20-/m1/s1. The molecule has 4 aliphatic heterocycles. The Kier molecular flexibility index (Phi) is 5.54. The van der Waals surface area contributed by atoms with E-state index in [1.54, 1.807) is 24.4 Å². The van der Waals surface area contributed by atoms with Crippen molar-refractivity contribution in [1.29, 1.82) is 0 Å². The Morgan fingerprint density at radius 2 is 1.87 bits per heavy atom. The molecule has 1 aromatic rings. The summed E-state index contributed by atoms with van der Waals surface area (Å²) in [6.07, 6.45) is 7.02. The molecule has 1 N–H and O–H groups in total. The van der Waals surface area contributed by atoms with Gasteiger partial charge in [0, 0.05) is 57.4 Å². The first kappa shape index (κ1) is 20.3. The zero-order valence-electron chi connectivity index (χ0n) is 17.9. The summed E-state index contributed by atoms with van der Waals surface area (Å²) in [5.74, 6) is 0.966. The molecule has 4 saturated heterocycles. The Morgan fingerprint density at radius 1 is 1.03 bits per heavy atom. The molecule has 0 spiro atoms. The largest absolute Gasteiger partial charge is 0.348 e. The Labute approximate surface area is 183 Å². The minimum atomic E-state index is -0.152. The van der Waals surface area contributed by atoms with Crippen LogP contribution in [0.3, 0.4) is 0 Å². The van der Waals surface area contributed by atoms with Crippen LogP contribution in [0, 0.1) is 11.8 Å². The van der Waals surface area contributed by atoms with Crippen LogP contribution < -0.4 is 5.32 Å². The number of amides is 4. The van der Waals surface area contributed by atoms with Crippen LogP contribution in [0.15, 0.2) is 24.4 Å². The van der Waals surface area contributed by atoms with E-state index in [1.807, 2.05) is 9.80 Å². The average molecular weight is 426 g/mol. The second-order valence-corrected chi connectivity index (χ2v) is 9.50. The molecular weight excluding hydrogens is 394 g/mol. The highest BCUT2D eigenvalue weighted by Gasteiger charge is 2.45. The zero-order chi connectivity index (χ0) is 21.4. The molecule has 5 rings (SSSR count). The van der Waals surface area contributed by atoms with Crippen LogP contribution >= 0.6 is 0 Å². The topological polar surface area (TPSA) is 85.8 Å². The van der Waals surface area contributed by atoms with Crippen LogP contribution in [0.5, 0.6) is 0 Å². The van der Waals surface area contributed by atoms with Gasteiger partial charge < -0.3 is 20.0 Å². The van der Waals surface area contributed by atoms with Crippen LogP contribution in [0.2, 0.25) is 0 Å². The minimum absolute atomic E-state index is 0.0705. The third-order valence-electron chi connectivity index (χ3n) is 7.45. The van der Waals surface area contributed by atoms with Crippen molar-refractivity contribution < 1.29 is 14.4 Å². The first-order valence-corrected chi connectivity index (χ1v) is 11.6. The maximum Gasteiger partial charge on any atom is 0.320 e. The molecule has 4 aliphatic rings. The van der Waals surface area contributed by atoms with Crippen molar-refractivity contribution >= 4 is 17.8 Å². The van der Waals surface area contributed by atoms with Gasteiger partial charge in [0.05, 0.1) is 0 Å². The SMILES string of the molecule is O=C(NC1CCN(C(=O)N2CC3CC(C2)[C@H]2CCCC(=O)N2C3)CC1)c1ccccn1. The fourth-order valence-corrected chi connectivity index (χ4v) is 5.94. The van der Waals surface area contributed by atoms with Crippen molar-refractivity contribution in [3.8, 4) is 0 Å². The smallest absolute Gasteiger partial charge is 0.320 e. The van der Waals surface area contributed by atoms with Gasteiger partial charge in [-0.1, -0.05) is 6.07 Å². The summed E-state index contributed by atoms with van der Waals surface area (Å²) < 4.78 is 0. The summed E-state index contributed by atoms with van der Waals surface area (Å²) in [6.45, 7) is 3.64. The Bertz CT molecular complexity index is 839. The third kappa shape index (κ3) is 4.12. The summed E-state index contributed by atoms with van der Waals surface area (Å²) in [5.41, 5.74) is 0.427. The Morgan fingerprint density at radius 3 is 2.65 bits per heavy atom. The molecule has 8 nitrogen and oxygen atoms in total. The molecule has 4 amide bonds. The summed E-state index contributed by atoms with van der Waals surface area (Å²) >= 11 is 0. The van der Waals surface area contributed by atoms with Gasteiger partial charge in [-0.15, -0.1) is 0 Å². The first-order valence-electron chi connectivity index (χ1n) is 11.6. The van der Waals surface area contributed by atoms with Crippen molar-refractivity contribution in [2.75, 3.05) is 32.7 Å². The number of rotatable bonds is 2. The van der Waals surface area contributed by atoms with E-state index < -0.39 is 0 Å². The molecule has 2 bridgehead atoms. The highest BCUT2D eigenvalue weighted by atomic mass is 16.2. The van der Waals surface area contributed by atoms with E-state index in [0.717, 1.165) is 51.7 Å². The maximum atomic E-state index is 13.2. The van der Waals surface area contributed by atoms with E-state index in [4.69, 9.17) is 0 Å². The molecule has 0 radical (unpaired) electrons. The number of carbonyl (C=O) groups excluding carboxylic acids is 3. The lowest BCUT2D eigenvalue weighted by atomic mass is 9.76. The quantitative estimate of drug-likeness (QED) is 0.782. The fraction of sp³-hybridized carbons (Fsp3) is 0.652. The van der Waals surface area contributed by atoms with E-state index in [2.05, 4.69) is 15.2 Å². The normalized spacial score (nSPS) is 28.8. The van der Waals surface area contributed by atoms with Crippen LogP contribution in [-0.4, -0.2) is 82.3 Å². The lowest BCUT2D eigenvalue weighted by molar-refractivity contribution is -0.144. The van der Waals surface area contributed by atoms with Crippen LogP contribution in [0.1, 0.15) is 49.0 Å². The van der Waals surface area contributed by atoms with Gasteiger partial charge in [0.15, 0.2) is 0 Å². The Hall–Kier alpha value is -2.64. The monoisotopic (exact) mass is 425 g/mol. The van der Waals surface area contributed by atoms with E-state index in [-0.39, 0.29) is 18.0 Å². The van der Waals surface area contributed by atoms with Crippen LogP contribution in [0.25, 0.3) is 0 Å². The summed E-state index contributed by atoms with van der Waals surface area (Å²) in [4.78, 5) is 48.1. The van der Waals surface area contributed by atoms with Gasteiger partial charge >= 0.3 is 6.03 Å². The predicted octanol–water partition coefficient (Wildman–Crippen LogP) is 1.73. The molecule has 166 valence electrons. The zero-order valence-corrected chi connectivity index (χ0v) is 17.9. The number of urea groups is 1. The molecule has 2 unspecified atom stereocenters. The molecule has 5 heterocycles. The number of aromatic nitrogens is 1. The fourth-order valence-electron chi connectivity index (χ4n) is 5.94. The molecule has 4 fully saturated rings. The van der Waals surface area contributed by atoms with Gasteiger partial charge in [-0.3, -0.25) is 14.6 Å². The van der Waals surface area contributed by atoms with Gasteiger partial charge in [0.2, 0.25) is 5.91 Å². The highest BCUT2D eigenvalue weighted by Crippen LogP contribution is 2.38. The second-order valence-electron chi connectivity index (χ2n) is 9.50. The summed E-state index contributed by atoms with van der Waals surface area (Å²) in [6, 6.07) is 5.82. The lowest BCUT2D eigenvalue weighted by Crippen LogP contribution is -2.62. The Balaban J connectivity index is 1.14. The van der Waals surface area contributed by atoms with Crippen molar-refractivity contribution in [2.45, 2.75) is 50.6 Å². The van der Waals surface area contributed by atoms with Crippen molar-refractivity contribution in [3.63, 3.8) is 0 Å². The molecular formula is C23H31N5O3. The van der Waals surface area contributed by atoms with Gasteiger partial charge in [-0.2, -0.15) is 0 Å². The van der Waals surface area contributed by atoms with Crippen LogP contribution in [0.4, 0.5) is 4.79 Å². The number of nitrogens with zero attached hydrogens (tertiary/aromatic N) is 4. The van der Waals surface area contributed by atoms with Gasteiger partial charge in [0.25, 0.3) is 5.91 Å². The van der Waals surface area contributed by atoms with E-state index >= 15 is 0 Å². The number of hydrogen-bond acceptors (Lipinski definition) is 4. The number of likely N-dealkylation sites (tertiary alicyclic amines) is 2. The van der Waals surface area contributed by atoms with E-state index in [1.165, 1.54) is 0 Å². The molecule has 3 atom stereocenters. The number of piperidine rings is 4. The average Bonchev–Trinajstić information content (AvgIpc) is 2.80. The van der Waals surface area contributed by atoms with Crippen molar-refractivity contribution in [1.82, 2.24) is 25.0 Å². The minimum Gasteiger partial charge on any atom is -0.348 e. The number of fused-ring (bicyclic) bond motifs is 4. The van der Waals surface area contributed by atoms with Gasteiger partial charge in [-0.05, 0) is 56.1 Å². The molecule has 8 heteroatoms. The van der Waals surface area contributed by atoms with E-state index in [9.17, 15) is 14.4 Å². The maximum absolute atomic E-state index is 13.2. The highest BCUT2D eigenvalue weighted by molar-refractivity contribution is 5.92. The predicted molar refractivity (Wildman–Crippen MR) is 114 cm³/mol. The number of pyridine rings is 1. The third-order valence-corrected chi connectivity index (χ3v) is 7.45. The first-order chi connectivity index (χ1) is 15.1. The summed E-state index contributed by atoms with van der Waals surface area (Å²) in [7, 11) is 0. The summed E-state index contributed by atoms with van der Waals surface area (Å²) in [5, 5.41) is 3.05. The molecule has 31 heavy (non-hydrogen) atoms. The number of nitrogens with one attached hydrogen (secondary N) is 1. The number of hydrogen-bond donors (Lipinski definition) is 1. The van der Waals surface area contributed by atoms with Gasteiger partial charge in [-0.25, -0.2) is 4.79 Å². The second kappa shape index (κ2) is 8.48. The molecule has 0 aromatic carbocycles.